The Morgan fingerprint density at radius 1 is 1.15 bits per heavy atom. The molecule has 1 amide bonds. The molecule has 1 aromatic rings. The number of nitrogens with zero attached hydrogens (tertiary/aromatic N) is 2. The van der Waals surface area contributed by atoms with Gasteiger partial charge >= 0.3 is 12.1 Å². The Bertz CT molecular complexity index is 919. The van der Waals surface area contributed by atoms with Gasteiger partial charge in [-0.05, 0) is 43.5 Å². The van der Waals surface area contributed by atoms with E-state index >= 15 is 0 Å². The number of carbonyl (C=O) groups excluding carboxylic acids is 1. The van der Waals surface area contributed by atoms with E-state index in [4.69, 9.17) is 14.6 Å². The molecule has 1 saturated heterocycles. The van der Waals surface area contributed by atoms with Crippen molar-refractivity contribution in [3.63, 3.8) is 0 Å². The zero-order valence-corrected chi connectivity index (χ0v) is 20.3. The molecule has 0 aliphatic carbocycles. The molecule has 0 saturated carbocycles. The van der Waals surface area contributed by atoms with Crippen LogP contribution in [0.1, 0.15) is 24.0 Å². The second-order valence-electron chi connectivity index (χ2n) is 7.68. The van der Waals surface area contributed by atoms with Crippen molar-refractivity contribution >= 4 is 21.9 Å². The van der Waals surface area contributed by atoms with Crippen molar-refractivity contribution in [2.75, 3.05) is 53.0 Å². The number of methoxy groups -OCH3 is 1. The van der Waals surface area contributed by atoms with E-state index < -0.39 is 22.2 Å². The number of piperazine rings is 1. The number of rotatable bonds is 9. The minimum absolute atomic E-state index is 0.00327. The number of carboxylic acid groups (broad SMARTS) is 1. The predicted octanol–water partition coefficient (Wildman–Crippen LogP) is 1.79. The minimum Gasteiger partial charge on any atom is -0.475 e. The van der Waals surface area contributed by atoms with Crippen LogP contribution in [0, 0.1) is 13.8 Å². The smallest absolute Gasteiger partial charge is 0.475 e. The first kappa shape index (κ1) is 29.8. The fraction of sp³-hybridized carbons (Fsp3) is 0.619. The number of nitrogens with one attached hydrogen (secondary N) is 1. The molecule has 0 spiro atoms. The molecular weight excluding hydrogens is 479 g/mol. The van der Waals surface area contributed by atoms with Crippen LogP contribution in [0.2, 0.25) is 0 Å². The Morgan fingerprint density at radius 3 is 2.24 bits per heavy atom. The Morgan fingerprint density at radius 2 is 1.74 bits per heavy atom. The Balaban J connectivity index is 0.000000718. The van der Waals surface area contributed by atoms with Crippen molar-refractivity contribution in [2.24, 2.45) is 0 Å². The van der Waals surface area contributed by atoms with Gasteiger partial charge in [0.15, 0.2) is 0 Å². The van der Waals surface area contributed by atoms with Gasteiger partial charge in [0.25, 0.3) is 0 Å². The number of aryl methyl sites for hydroxylation is 2. The number of halogens is 3. The van der Waals surface area contributed by atoms with Gasteiger partial charge in [0.1, 0.15) is 0 Å². The topological polar surface area (TPSA) is 116 Å². The molecule has 1 aromatic carbocycles. The standard InChI is InChI=1S/C19H31N3O4S.C2HF3O2/c1-16-5-6-18(15-17(16)2)27(24,25)22(10-4-14-26-3)11-7-19(23)21-12-8-20-9-13-21;3-2(4,5)1(6)7/h5-6,15,20H,4,7-14H2,1-3H3;(H,6,7). The molecule has 2 N–H and O–H groups in total. The summed E-state index contributed by atoms with van der Waals surface area (Å²) in [5, 5.41) is 10.3. The molecule has 2 rings (SSSR count). The molecule has 0 atom stereocenters. The number of hydrogen-bond donors (Lipinski definition) is 2. The van der Waals surface area contributed by atoms with Gasteiger partial charge in [0.05, 0.1) is 4.90 Å². The van der Waals surface area contributed by atoms with E-state index in [1.165, 1.54) is 4.31 Å². The van der Waals surface area contributed by atoms with Crippen molar-refractivity contribution in [2.45, 2.75) is 37.8 Å². The number of benzene rings is 1. The molecule has 0 unspecified atom stereocenters. The van der Waals surface area contributed by atoms with Crippen LogP contribution in [0.4, 0.5) is 13.2 Å². The van der Waals surface area contributed by atoms with E-state index in [9.17, 15) is 26.4 Å². The van der Waals surface area contributed by atoms with Crippen LogP contribution in [0.3, 0.4) is 0 Å². The van der Waals surface area contributed by atoms with Crippen molar-refractivity contribution in [1.82, 2.24) is 14.5 Å². The first-order valence-corrected chi connectivity index (χ1v) is 12.1. The van der Waals surface area contributed by atoms with Crippen LogP contribution < -0.4 is 5.32 Å². The zero-order chi connectivity index (χ0) is 25.9. The van der Waals surface area contributed by atoms with Gasteiger partial charge in [-0.15, -0.1) is 0 Å². The van der Waals surface area contributed by atoms with Crippen LogP contribution in [-0.4, -0.2) is 93.8 Å². The van der Waals surface area contributed by atoms with Gasteiger partial charge in [-0.2, -0.15) is 17.5 Å². The summed E-state index contributed by atoms with van der Waals surface area (Å²) in [6.45, 7) is 7.75. The normalized spacial score (nSPS) is 14.5. The van der Waals surface area contributed by atoms with Gasteiger partial charge in [-0.1, -0.05) is 6.07 Å². The maximum Gasteiger partial charge on any atom is 0.490 e. The molecule has 1 aliphatic rings. The van der Waals surface area contributed by atoms with E-state index in [2.05, 4.69) is 5.32 Å². The Labute approximate surface area is 197 Å². The Hall–Kier alpha value is -2.22. The molecule has 194 valence electrons. The Kier molecular flexibility index (Phi) is 11.9. The summed E-state index contributed by atoms with van der Waals surface area (Å²) in [6, 6.07) is 5.16. The highest BCUT2D eigenvalue weighted by Gasteiger charge is 2.38. The molecule has 34 heavy (non-hydrogen) atoms. The van der Waals surface area contributed by atoms with E-state index in [-0.39, 0.29) is 23.8 Å². The van der Waals surface area contributed by atoms with E-state index in [1.54, 1.807) is 24.1 Å². The molecular formula is C21H32F3N3O6S. The average molecular weight is 512 g/mol. The van der Waals surface area contributed by atoms with Crippen LogP contribution in [0.15, 0.2) is 23.1 Å². The fourth-order valence-corrected chi connectivity index (χ4v) is 4.62. The summed E-state index contributed by atoms with van der Waals surface area (Å²) in [6.07, 6.45) is -4.31. The highest BCUT2D eigenvalue weighted by atomic mass is 32.2. The van der Waals surface area contributed by atoms with Crippen LogP contribution in [0.25, 0.3) is 0 Å². The average Bonchev–Trinajstić information content (AvgIpc) is 2.77. The third kappa shape index (κ3) is 9.57. The third-order valence-electron chi connectivity index (χ3n) is 5.16. The number of amides is 1. The van der Waals surface area contributed by atoms with E-state index in [0.29, 0.717) is 32.7 Å². The highest BCUT2D eigenvalue weighted by molar-refractivity contribution is 7.89. The van der Waals surface area contributed by atoms with Crippen molar-refractivity contribution in [1.29, 1.82) is 0 Å². The zero-order valence-electron chi connectivity index (χ0n) is 19.5. The number of alkyl halides is 3. The number of aliphatic carboxylic acids is 1. The molecule has 13 heteroatoms. The summed E-state index contributed by atoms with van der Waals surface area (Å²) in [5.41, 5.74) is 1.98. The van der Waals surface area contributed by atoms with E-state index in [1.807, 2.05) is 19.9 Å². The lowest BCUT2D eigenvalue weighted by Crippen LogP contribution is -2.47. The first-order chi connectivity index (χ1) is 15.8. The summed E-state index contributed by atoms with van der Waals surface area (Å²) in [4.78, 5) is 23.4. The van der Waals surface area contributed by atoms with Gasteiger partial charge in [-0.3, -0.25) is 4.79 Å². The van der Waals surface area contributed by atoms with Gasteiger partial charge in [0.2, 0.25) is 15.9 Å². The summed E-state index contributed by atoms with van der Waals surface area (Å²) >= 11 is 0. The molecule has 9 nitrogen and oxygen atoms in total. The monoisotopic (exact) mass is 511 g/mol. The van der Waals surface area contributed by atoms with E-state index in [0.717, 1.165) is 24.2 Å². The van der Waals surface area contributed by atoms with Crippen molar-refractivity contribution < 1.29 is 41.0 Å². The lowest BCUT2D eigenvalue weighted by Gasteiger charge is -2.29. The second kappa shape index (κ2) is 13.6. The van der Waals surface area contributed by atoms with Crippen molar-refractivity contribution in [3.05, 3.63) is 29.3 Å². The molecule has 1 fully saturated rings. The third-order valence-corrected chi connectivity index (χ3v) is 7.05. The quantitative estimate of drug-likeness (QED) is 0.486. The van der Waals surface area contributed by atoms with Crippen molar-refractivity contribution in [3.8, 4) is 0 Å². The molecule has 1 heterocycles. The lowest BCUT2D eigenvalue weighted by atomic mass is 10.1. The SMILES string of the molecule is COCCCN(CCC(=O)N1CCNCC1)S(=O)(=O)c1ccc(C)c(C)c1.O=C(O)C(F)(F)F. The number of hydrogen-bond acceptors (Lipinski definition) is 6. The van der Waals surface area contributed by atoms with Gasteiger partial charge in [-0.25, -0.2) is 13.2 Å². The maximum absolute atomic E-state index is 13.1. The lowest BCUT2D eigenvalue weighted by molar-refractivity contribution is -0.192. The molecule has 0 bridgehead atoms. The molecule has 0 radical (unpaired) electrons. The van der Waals surface area contributed by atoms with Gasteiger partial charge in [0, 0.05) is 59.4 Å². The fourth-order valence-electron chi connectivity index (χ4n) is 3.05. The van der Waals surface area contributed by atoms with Crippen LogP contribution in [0.5, 0.6) is 0 Å². The number of carboxylic acids is 1. The summed E-state index contributed by atoms with van der Waals surface area (Å²) in [5.74, 6) is -2.75. The highest BCUT2D eigenvalue weighted by Crippen LogP contribution is 2.20. The molecule has 1 aliphatic heterocycles. The maximum atomic E-state index is 13.1. The van der Waals surface area contributed by atoms with Crippen LogP contribution in [-0.2, 0) is 24.3 Å². The minimum atomic E-state index is -5.08. The number of carbonyl (C=O) groups is 2. The molecule has 0 aromatic heterocycles. The summed E-state index contributed by atoms with van der Waals surface area (Å²) < 4.78 is 64.5. The predicted molar refractivity (Wildman–Crippen MR) is 119 cm³/mol. The largest absolute Gasteiger partial charge is 0.490 e. The second-order valence-corrected chi connectivity index (χ2v) is 9.62. The number of ether oxygens (including phenoxy) is 1. The van der Waals surface area contributed by atoms with Crippen LogP contribution >= 0.6 is 0 Å². The first-order valence-electron chi connectivity index (χ1n) is 10.7. The summed E-state index contributed by atoms with van der Waals surface area (Å²) in [7, 11) is -2.06. The van der Waals surface area contributed by atoms with Gasteiger partial charge < -0.3 is 20.1 Å². The number of sulfonamides is 1.